The van der Waals surface area contributed by atoms with Crippen LogP contribution in [-0.2, 0) is 11.3 Å². The van der Waals surface area contributed by atoms with Crippen molar-refractivity contribution in [1.29, 1.82) is 0 Å². The molecule has 1 unspecified atom stereocenters. The number of carbonyl (C=O) groups excluding carboxylic acids is 1. The molecule has 0 saturated carbocycles. The van der Waals surface area contributed by atoms with E-state index in [1.54, 1.807) is 37.5 Å². The van der Waals surface area contributed by atoms with Crippen molar-refractivity contribution in [2.75, 3.05) is 23.5 Å². The van der Waals surface area contributed by atoms with E-state index in [0.29, 0.717) is 28.7 Å². The van der Waals surface area contributed by atoms with E-state index in [2.05, 4.69) is 6.58 Å². The Bertz CT molecular complexity index is 1250. The smallest absolute Gasteiger partial charge is 0.273 e. The molecule has 0 radical (unpaired) electrons. The van der Waals surface area contributed by atoms with Crippen molar-refractivity contribution in [3.05, 3.63) is 105 Å². The zero-order valence-electron chi connectivity index (χ0n) is 18.3. The first kappa shape index (κ1) is 23.6. The van der Waals surface area contributed by atoms with E-state index in [9.17, 15) is 14.9 Å². The van der Waals surface area contributed by atoms with Crippen LogP contribution in [0, 0.1) is 10.1 Å². The van der Waals surface area contributed by atoms with Crippen molar-refractivity contribution >= 4 is 46.2 Å². The van der Waals surface area contributed by atoms with Crippen molar-refractivity contribution in [3.8, 4) is 5.75 Å². The molecule has 1 aliphatic heterocycles. The summed E-state index contributed by atoms with van der Waals surface area (Å²) in [5.74, 6) is 0.413. The maximum Gasteiger partial charge on any atom is 0.273 e. The summed E-state index contributed by atoms with van der Waals surface area (Å²) in [6.45, 7) is 4.25. The first-order valence-electron chi connectivity index (χ1n) is 10.4. The van der Waals surface area contributed by atoms with Gasteiger partial charge in [-0.25, -0.2) is 0 Å². The van der Waals surface area contributed by atoms with Crippen molar-refractivity contribution in [2.45, 2.75) is 12.6 Å². The standard InChI is InChI=1S/C25H21Cl2N3O4/c1-3-12-28-22-14-19(30(32)33)13-21(27)24(22)29(15-16-4-8-18(26)9-5-16)23(25(28)31)17-6-10-20(34-2)11-7-17/h3-11,13-14,23H,1,12,15H2,2H3. The van der Waals surface area contributed by atoms with E-state index >= 15 is 0 Å². The molecule has 1 aliphatic rings. The van der Waals surface area contributed by atoms with Crippen molar-refractivity contribution < 1.29 is 14.5 Å². The number of amides is 1. The number of nitro groups is 1. The Kier molecular flexibility index (Phi) is 6.77. The lowest BCUT2D eigenvalue weighted by atomic mass is 9.97. The zero-order chi connectivity index (χ0) is 24.4. The maximum absolute atomic E-state index is 13.9. The predicted molar refractivity (Wildman–Crippen MR) is 134 cm³/mol. The molecule has 9 heteroatoms. The summed E-state index contributed by atoms with van der Waals surface area (Å²) < 4.78 is 5.27. The molecule has 4 rings (SSSR count). The van der Waals surface area contributed by atoms with Crippen LogP contribution in [0.4, 0.5) is 17.1 Å². The van der Waals surface area contributed by atoms with Crippen LogP contribution in [0.3, 0.4) is 0 Å². The summed E-state index contributed by atoms with van der Waals surface area (Å²) in [7, 11) is 1.57. The third-order valence-corrected chi connectivity index (χ3v) is 6.18. The molecular weight excluding hydrogens is 477 g/mol. The molecule has 0 bridgehead atoms. The van der Waals surface area contributed by atoms with Gasteiger partial charge >= 0.3 is 0 Å². The normalized spacial score (nSPS) is 15.1. The molecule has 0 aliphatic carbocycles. The third kappa shape index (κ3) is 4.44. The minimum atomic E-state index is -0.729. The molecule has 3 aromatic rings. The van der Waals surface area contributed by atoms with Gasteiger partial charge in [-0.3, -0.25) is 14.9 Å². The first-order chi connectivity index (χ1) is 16.3. The lowest BCUT2D eigenvalue weighted by Gasteiger charge is -2.43. The number of halogens is 2. The van der Waals surface area contributed by atoms with E-state index in [4.69, 9.17) is 27.9 Å². The minimum Gasteiger partial charge on any atom is -0.497 e. The van der Waals surface area contributed by atoms with Gasteiger partial charge in [0, 0.05) is 30.2 Å². The van der Waals surface area contributed by atoms with Crippen molar-refractivity contribution in [3.63, 3.8) is 0 Å². The van der Waals surface area contributed by atoms with Crippen LogP contribution in [0.25, 0.3) is 0 Å². The molecular formula is C25H21Cl2N3O4. The van der Waals surface area contributed by atoms with Gasteiger partial charge in [-0.2, -0.15) is 0 Å². The lowest BCUT2D eigenvalue weighted by Crippen LogP contribution is -2.48. The van der Waals surface area contributed by atoms with Gasteiger partial charge in [-0.15, -0.1) is 6.58 Å². The number of ether oxygens (including phenoxy) is 1. The molecule has 1 amide bonds. The van der Waals surface area contributed by atoms with Gasteiger partial charge in [0.1, 0.15) is 11.8 Å². The fraction of sp³-hybridized carbons (Fsp3) is 0.160. The van der Waals surface area contributed by atoms with Gasteiger partial charge in [0.05, 0.1) is 28.4 Å². The van der Waals surface area contributed by atoms with Crippen LogP contribution in [0.5, 0.6) is 5.75 Å². The second-order valence-corrected chi connectivity index (χ2v) is 8.56. The molecule has 0 N–H and O–H groups in total. The highest BCUT2D eigenvalue weighted by molar-refractivity contribution is 6.35. The predicted octanol–water partition coefficient (Wildman–Crippen LogP) is 6.19. The number of benzene rings is 3. The molecule has 1 atom stereocenters. The minimum absolute atomic E-state index is 0.171. The second kappa shape index (κ2) is 9.75. The van der Waals surface area contributed by atoms with Crippen LogP contribution in [0.2, 0.25) is 10.0 Å². The number of rotatable bonds is 7. The number of fused-ring (bicyclic) bond motifs is 1. The molecule has 0 fully saturated rings. The maximum atomic E-state index is 13.9. The van der Waals surface area contributed by atoms with Gasteiger partial charge in [-0.1, -0.05) is 53.5 Å². The van der Waals surface area contributed by atoms with E-state index in [1.807, 2.05) is 29.2 Å². The average Bonchev–Trinajstić information content (AvgIpc) is 2.83. The number of methoxy groups -OCH3 is 1. The molecule has 0 aromatic heterocycles. The monoisotopic (exact) mass is 497 g/mol. The fourth-order valence-electron chi connectivity index (χ4n) is 4.08. The van der Waals surface area contributed by atoms with E-state index in [-0.39, 0.29) is 23.2 Å². The number of carbonyl (C=O) groups is 1. The molecule has 0 spiro atoms. The summed E-state index contributed by atoms with van der Waals surface area (Å²) in [4.78, 5) is 28.2. The largest absolute Gasteiger partial charge is 0.497 e. The van der Waals surface area contributed by atoms with Crippen molar-refractivity contribution in [1.82, 2.24) is 0 Å². The van der Waals surface area contributed by atoms with E-state index < -0.39 is 11.0 Å². The Morgan fingerprint density at radius 2 is 1.79 bits per heavy atom. The Labute approximate surface area is 206 Å². The quantitative estimate of drug-likeness (QED) is 0.221. The fourth-order valence-corrected chi connectivity index (χ4v) is 4.52. The highest BCUT2D eigenvalue weighted by atomic mass is 35.5. The van der Waals surface area contributed by atoms with E-state index in [0.717, 1.165) is 11.1 Å². The highest BCUT2D eigenvalue weighted by Crippen LogP contribution is 2.48. The number of hydrogen-bond acceptors (Lipinski definition) is 5. The van der Waals surface area contributed by atoms with Gasteiger partial charge in [0.25, 0.3) is 11.6 Å². The SMILES string of the molecule is C=CCN1C(=O)C(c2ccc(OC)cc2)N(Cc2ccc(Cl)cc2)c2c(Cl)cc([N+](=O)[O-])cc21. The Balaban J connectivity index is 1.93. The van der Waals surface area contributed by atoms with Gasteiger partial charge in [0.15, 0.2) is 0 Å². The summed E-state index contributed by atoms with van der Waals surface area (Å²) >= 11 is 12.7. The lowest BCUT2D eigenvalue weighted by molar-refractivity contribution is -0.384. The first-order valence-corrected chi connectivity index (χ1v) is 11.1. The number of non-ortho nitro benzene ring substituents is 1. The summed E-state index contributed by atoms with van der Waals surface area (Å²) in [5, 5.41) is 12.3. The van der Waals surface area contributed by atoms with E-state index in [1.165, 1.54) is 17.0 Å². The highest BCUT2D eigenvalue weighted by Gasteiger charge is 2.41. The number of hydrogen-bond donors (Lipinski definition) is 0. The summed E-state index contributed by atoms with van der Waals surface area (Å²) in [5.41, 5.74) is 2.33. The zero-order valence-corrected chi connectivity index (χ0v) is 19.8. The summed E-state index contributed by atoms with van der Waals surface area (Å²) in [6, 6.07) is 16.5. The van der Waals surface area contributed by atoms with Crippen LogP contribution >= 0.6 is 23.2 Å². The molecule has 7 nitrogen and oxygen atoms in total. The van der Waals surface area contributed by atoms with Crippen molar-refractivity contribution in [2.24, 2.45) is 0 Å². The average molecular weight is 498 g/mol. The van der Waals surface area contributed by atoms with Crippen LogP contribution in [0.15, 0.2) is 73.3 Å². The molecule has 3 aromatic carbocycles. The Morgan fingerprint density at radius 3 is 2.38 bits per heavy atom. The van der Waals surface area contributed by atoms with Crippen LogP contribution in [-0.4, -0.2) is 24.5 Å². The number of nitro benzene ring substituents is 1. The Hall–Kier alpha value is -3.55. The topological polar surface area (TPSA) is 75.9 Å². The molecule has 174 valence electrons. The molecule has 0 saturated heterocycles. The molecule has 34 heavy (non-hydrogen) atoms. The second-order valence-electron chi connectivity index (χ2n) is 7.72. The third-order valence-electron chi connectivity index (χ3n) is 5.64. The molecule has 1 heterocycles. The van der Waals surface area contributed by atoms with Gasteiger partial charge in [0.2, 0.25) is 0 Å². The number of nitrogens with zero attached hydrogens (tertiary/aromatic N) is 3. The number of anilines is 2. The van der Waals surface area contributed by atoms with Crippen LogP contribution < -0.4 is 14.5 Å². The van der Waals surface area contributed by atoms with Crippen LogP contribution in [0.1, 0.15) is 17.2 Å². The Morgan fingerprint density at radius 1 is 1.12 bits per heavy atom. The van der Waals surface area contributed by atoms with Gasteiger partial charge in [-0.05, 0) is 35.4 Å². The summed E-state index contributed by atoms with van der Waals surface area (Å²) in [6.07, 6.45) is 1.58. The van der Waals surface area contributed by atoms with Gasteiger partial charge < -0.3 is 14.5 Å².